The molecule has 268 valence electrons. The van der Waals surface area contributed by atoms with Gasteiger partial charge in [-0.05, 0) is 49.9 Å². The van der Waals surface area contributed by atoms with Gasteiger partial charge in [0.2, 0.25) is 0 Å². The van der Waals surface area contributed by atoms with Crippen LogP contribution in [0, 0.1) is 0 Å². The Morgan fingerprint density at radius 2 is 0.667 bits per heavy atom. The van der Waals surface area contributed by atoms with Gasteiger partial charge in [-0.25, -0.2) is 0 Å². The number of amides is 4. The van der Waals surface area contributed by atoms with Crippen LogP contribution in [0.1, 0.15) is 133 Å². The maximum absolute atomic E-state index is 13.8. The summed E-state index contributed by atoms with van der Waals surface area (Å²) in [5.74, 6) is -1.35. The molecule has 0 N–H and O–H groups in total. The van der Waals surface area contributed by atoms with Crippen LogP contribution in [0.3, 0.4) is 0 Å². The highest BCUT2D eigenvalue weighted by Gasteiger charge is 2.40. The minimum Gasteiger partial charge on any atom is -1.00 e. The number of quaternary nitrogens is 2. The average molecular weight is 889 g/mol. The molecule has 0 saturated carbocycles. The molecule has 4 amide bonds. The fourth-order valence-electron chi connectivity index (χ4n) is 7.43. The Labute approximate surface area is 323 Å². The van der Waals surface area contributed by atoms with E-state index < -0.39 is 0 Å². The van der Waals surface area contributed by atoms with E-state index in [2.05, 4.69) is 41.8 Å². The van der Waals surface area contributed by atoms with E-state index in [4.69, 9.17) is 0 Å². The molecule has 2 aromatic carbocycles. The van der Waals surface area contributed by atoms with E-state index in [0.717, 1.165) is 112 Å². The molecule has 0 fully saturated rings. The van der Waals surface area contributed by atoms with Crippen molar-refractivity contribution in [2.75, 3.05) is 66.5 Å². The number of benzene rings is 2. The molecule has 2 aliphatic heterocycles. The van der Waals surface area contributed by atoms with Crippen LogP contribution in [0.5, 0.6) is 0 Å². The van der Waals surface area contributed by atoms with Crippen molar-refractivity contribution in [3.63, 3.8) is 0 Å². The third kappa shape index (κ3) is 9.37. The van der Waals surface area contributed by atoms with Gasteiger partial charge in [0.25, 0.3) is 23.6 Å². The van der Waals surface area contributed by atoms with Crippen LogP contribution < -0.4 is 48.0 Å². The van der Waals surface area contributed by atoms with Gasteiger partial charge in [-0.1, -0.05) is 53.4 Å². The summed E-state index contributed by atoms with van der Waals surface area (Å²) in [4.78, 5) is 57.8. The van der Waals surface area contributed by atoms with E-state index in [-0.39, 0.29) is 71.6 Å². The van der Waals surface area contributed by atoms with Gasteiger partial charge in [0.1, 0.15) is 0 Å². The third-order valence-corrected chi connectivity index (χ3v) is 10.4. The molecular weight excluding hydrogens is 830 g/mol. The van der Waals surface area contributed by atoms with E-state index in [1.165, 1.54) is 9.80 Å². The summed E-state index contributed by atoms with van der Waals surface area (Å²) >= 11 is 0. The lowest BCUT2D eigenvalue weighted by Crippen LogP contribution is -3.00. The van der Waals surface area contributed by atoms with Crippen molar-refractivity contribution in [3.05, 3.63) is 46.5 Å². The number of carbonyl (C=O) groups excluding carboxylic acids is 4. The van der Waals surface area contributed by atoms with E-state index in [0.29, 0.717) is 46.1 Å². The predicted molar refractivity (Wildman–Crippen MR) is 185 cm³/mol. The Morgan fingerprint density at radius 3 is 0.896 bits per heavy atom. The van der Waals surface area contributed by atoms with Crippen LogP contribution >= 0.6 is 0 Å². The van der Waals surface area contributed by atoms with Gasteiger partial charge in [-0.3, -0.25) is 29.0 Å². The number of hydrogen-bond acceptors (Lipinski definition) is 4. The first-order chi connectivity index (χ1) is 22.0. The van der Waals surface area contributed by atoms with E-state index >= 15 is 0 Å². The molecule has 0 bridgehead atoms. The summed E-state index contributed by atoms with van der Waals surface area (Å²) in [7, 11) is 4.58. The first-order valence-electron chi connectivity index (χ1n) is 18.0. The molecule has 0 unspecified atom stereocenters. The Kier molecular flexibility index (Phi) is 16.9. The maximum atomic E-state index is 13.8. The Hall–Kier alpha value is -1.64. The minimum absolute atomic E-state index is 0. The fraction of sp³-hybridized carbons (Fsp3) is 0.632. The Morgan fingerprint density at radius 1 is 0.438 bits per heavy atom. The van der Waals surface area contributed by atoms with Crippen molar-refractivity contribution >= 4 is 34.4 Å². The average Bonchev–Trinajstić information content (AvgIpc) is 3.05. The second kappa shape index (κ2) is 19.1. The highest BCUT2D eigenvalue weighted by atomic mass is 127. The predicted octanol–water partition coefficient (Wildman–Crippen LogP) is 0.914. The zero-order valence-corrected chi connectivity index (χ0v) is 34.5. The summed E-state index contributed by atoms with van der Waals surface area (Å²) in [5, 5.41) is 0.912. The van der Waals surface area contributed by atoms with Gasteiger partial charge >= 0.3 is 0 Å². The number of hydrogen-bond donors (Lipinski definition) is 0. The molecule has 0 saturated heterocycles. The first-order valence-corrected chi connectivity index (χ1v) is 18.0. The van der Waals surface area contributed by atoms with Gasteiger partial charge in [0.05, 0.1) is 53.4 Å². The molecule has 0 radical (unpaired) electrons. The van der Waals surface area contributed by atoms with Crippen molar-refractivity contribution in [1.29, 1.82) is 0 Å². The van der Waals surface area contributed by atoms with Crippen LogP contribution in [-0.4, -0.2) is 109 Å². The zero-order chi connectivity index (χ0) is 33.5. The molecule has 48 heavy (non-hydrogen) atoms. The van der Waals surface area contributed by atoms with Gasteiger partial charge in [-0.15, -0.1) is 0 Å². The fourth-order valence-corrected chi connectivity index (χ4v) is 7.43. The van der Waals surface area contributed by atoms with Gasteiger partial charge in [0.15, 0.2) is 0 Å². The second-order valence-electron chi connectivity index (χ2n) is 14.3. The molecule has 2 aromatic rings. The summed E-state index contributed by atoms with van der Waals surface area (Å²) in [6, 6.07) is 6.74. The van der Waals surface area contributed by atoms with Crippen LogP contribution in [-0.2, 0) is 0 Å². The van der Waals surface area contributed by atoms with Gasteiger partial charge < -0.3 is 56.9 Å². The van der Waals surface area contributed by atoms with Crippen molar-refractivity contribution in [2.45, 2.75) is 91.9 Å². The Balaban J connectivity index is 0.00000400. The molecule has 2 aliphatic rings. The number of imide groups is 2. The van der Waals surface area contributed by atoms with Gasteiger partial charge in [0, 0.05) is 59.0 Å². The van der Waals surface area contributed by atoms with E-state index in [1.54, 1.807) is 24.3 Å². The molecule has 0 atom stereocenters. The number of halogens is 2. The van der Waals surface area contributed by atoms with Crippen molar-refractivity contribution in [3.8, 4) is 0 Å². The number of nitrogens with zero attached hydrogens (tertiary/aromatic N) is 4. The molecule has 10 heteroatoms. The molecule has 2 heterocycles. The van der Waals surface area contributed by atoms with Crippen LogP contribution in [0.25, 0.3) is 10.8 Å². The largest absolute Gasteiger partial charge is 1.00 e. The molecule has 0 aliphatic carbocycles. The SMILES string of the molecule is CCCC[N+](C)(CCCC)CCCN1C(=O)c2ccc3c4c(ccc(c24)C1=O)C(=O)N(CCC[N+](C)(CCCC)CCCC)C3=O.[I-].[I-]. The monoisotopic (exact) mass is 888 g/mol. The van der Waals surface area contributed by atoms with E-state index in [9.17, 15) is 19.2 Å². The summed E-state index contributed by atoms with van der Waals surface area (Å²) in [6.45, 7) is 15.8. The topological polar surface area (TPSA) is 74.8 Å². The number of carbonyl (C=O) groups is 4. The van der Waals surface area contributed by atoms with E-state index in [1.807, 2.05) is 0 Å². The molecule has 4 rings (SSSR count). The summed E-state index contributed by atoms with van der Waals surface area (Å²) in [6.07, 6.45) is 10.7. The smallest absolute Gasteiger partial charge is 0.261 e. The molecule has 8 nitrogen and oxygen atoms in total. The third-order valence-electron chi connectivity index (χ3n) is 10.4. The quantitative estimate of drug-likeness (QED) is 0.113. The zero-order valence-electron chi connectivity index (χ0n) is 30.2. The lowest BCUT2D eigenvalue weighted by Gasteiger charge is -2.36. The number of unbranched alkanes of at least 4 members (excludes halogenated alkanes) is 4. The molecular formula is C38H58I2N4O4. The van der Waals surface area contributed by atoms with Crippen LogP contribution in [0.4, 0.5) is 0 Å². The van der Waals surface area contributed by atoms with Crippen LogP contribution in [0.2, 0.25) is 0 Å². The maximum Gasteiger partial charge on any atom is 0.261 e. The van der Waals surface area contributed by atoms with Gasteiger partial charge in [-0.2, -0.15) is 0 Å². The number of rotatable bonds is 20. The second-order valence-corrected chi connectivity index (χ2v) is 14.3. The molecule has 0 aromatic heterocycles. The van der Waals surface area contributed by atoms with Crippen LogP contribution in [0.15, 0.2) is 24.3 Å². The van der Waals surface area contributed by atoms with Crippen molar-refractivity contribution in [2.24, 2.45) is 0 Å². The first kappa shape index (κ1) is 42.5. The Bertz CT molecular complexity index is 1250. The van der Waals surface area contributed by atoms with Crippen molar-refractivity contribution in [1.82, 2.24) is 9.80 Å². The standard InChI is InChI=1S/C38H58N4O4.2HI/c1-7-11-23-41(5,24-12-8-2)27-15-21-39-35(43)29-17-19-31-34-32(20-18-30(33(29)34)36(39)44)38(46)40(37(31)45)22-16-28-42(6,25-13-9-3)26-14-10-4;;/h17-20H,7-16,21-28H2,1-6H3;2*1H/q+2;;/p-2. The minimum atomic E-state index is -0.337. The highest BCUT2D eigenvalue weighted by molar-refractivity contribution is 6.33. The lowest BCUT2D eigenvalue weighted by molar-refractivity contribution is -0.910. The molecule has 0 spiro atoms. The normalized spacial score (nSPS) is 14.5. The highest BCUT2D eigenvalue weighted by Crippen LogP contribution is 2.38. The van der Waals surface area contributed by atoms with Crippen molar-refractivity contribution < 1.29 is 76.1 Å². The lowest BCUT2D eigenvalue weighted by atomic mass is 9.86. The summed E-state index contributed by atoms with van der Waals surface area (Å²) < 4.78 is 1.90. The summed E-state index contributed by atoms with van der Waals surface area (Å²) in [5.41, 5.74) is 1.61.